The normalized spacial score (nSPS) is 10.8. The molecule has 0 saturated carbocycles. The summed E-state index contributed by atoms with van der Waals surface area (Å²) in [7, 11) is 1.74. The Morgan fingerprint density at radius 1 is 1.62 bits per heavy atom. The van der Waals surface area contributed by atoms with Crippen molar-refractivity contribution in [1.29, 1.82) is 0 Å². The summed E-state index contributed by atoms with van der Waals surface area (Å²) < 4.78 is 5.37. The van der Waals surface area contributed by atoms with Crippen molar-refractivity contribution in [2.75, 3.05) is 25.9 Å². The van der Waals surface area contributed by atoms with Gasteiger partial charge in [0, 0.05) is 25.5 Å². The minimum absolute atomic E-state index is 0.0796. The van der Waals surface area contributed by atoms with Crippen molar-refractivity contribution in [1.82, 2.24) is 9.88 Å². The largest absolute Gasteiger partial charge is 0.397 e. The van der Waals surface area contributed by atoms with Crippen molar-refractivity contribution in [2.24, 2.45) is 0 Å². The number of carbonyl (C=O) groups is 1. The number of ether oxygens (including phenoxy) is 1. The molecule has 0 bridgehead atoms. The van der Waals surface area contributed by atoms with Crippen molar-refractivity contribution in [3.8, 4) is 0 Å². The summed E-state index contributed by atoms with van der Waals surface area (Å²) in [6.45, 7) is 5.03. The fourth-order valence-corrected chi connectivity index (χ4v) is 1.27. The molecule has 3 N–H and O–H groups in total. The molecule has 0 fully saturated rings. The van der Waals surface area contributed by atoms with Crippen molar-refractivity contribution in [3.05, 3.63) is 18.0 Å². The predicted molar refractivity (Wildman–Crippen MR) is 63.3 cm³/mol. The summed E-state index contributed by atoms with van der Waals surface area (Å²) in [6, 6.07) is 1.63. The number of anilines is 1. The Labute approximate surface area is 95.6 Å². The number of amides is 1. The second kappa shape index (κ2) is 5.55. The van der Waals surface area contributed by atoms with E-state index in [0.29, 0.717) is 24.5 Å². The van der Waals surface area contributed by atoms with E-state index in [1.54, 1.807) is 24.2 Å². The Morgan fingerprint density at radius 3 is 2.81 bits per heavy atom. The molecule has 1 amide bonds. The van der Waals surface area contributed by atoms with E-state index in [2.05, 4.69) is 4.98 Å². The zero-order valence-electron chi connectivity index (χ0n) is 9.99. The standard InChI is InChI=1S/C11H19N3O2/c1-8(2)16-5-4-14(3)11(15)10-6-9(12)7-13-10/h6-8,13H,4-5,12H2,1-3H3. The van der Waals surface area contributed by atoms with Gasteiger partial charge in [0.05, 0.1) is 12.7 Å². The molecule has 0 saturated heterocycles. The monoisotopic (exact) mass is 225 g/mol. The summed E-state index contributed by atoms with van der Waals surface area (Å²) in [6.07, 6.45) is 1.79. The lowest BCUT2D eigenvalue weighted by Crippen LogP contribution is -2.31. The number of rotatable bonds is 5. The Morgan fingerprint density at radius 2 is 2.31 bits per heavy atom. The first kappa shape index (κ1) is 12.6. The molecule has 0 aromatic carbocycles. The van der Waals surface area contributed by atoms with Crippen molar-refractivity contribution in [2.45, 2.75) is 20.0 Å². The molecule has 16 heavy (non-hydrogen) atoms. The van der Waals surface area contributed by atoms with Crippen LogP contribution < -0.4 is 5.73 Å². The SMILES string of the molecule is CC(C)OCCN(C)C(=O)c1cc(N)c[nH]1. The molecular weight excluding hydrogens is 206 g/mol. The van der Waals surface area contributed by atoms with E-state index in [0.717, 1.165) is 0 Å². The van der Waals surface area contributed by atoms with Crippen molar-refractivity contribution in [3.63, 3.8) is 0 Å². The van der Waals surface area contributed by atoms with E-state index in [9.17, 15) is 4.79 Å². The minimum atomic E-state index is -0.0796. The summed E-state index contributed by atoms with van der Waals surface area (Å²) in [5, 5.41) is 0. The average molecular weight is 225 g/mol. The van der Waals surface area contributed by atoms with Crippen LogP contribution in [-0.2, 0) is 4.74 Å². The van der Waals surface area contributed by atoms with Crippen LogP contribution in [-0.4, -0.2) is 42.1 Å². The van der Waals surface area contributed by atoms with E-state index < -0.39 is 0 Å². The van der Waals surface area contributed by atoms with Gasteiger partial charge in [0.15, 0.2) is 0 Å². The Balaban J connectivity index is 2.42. The lowest BCUT2D eigenvalue weighted by molar-refractivity contribution is 0.0529. The van der Waals surface area contributed by atoms with Gasteiger partial charge in [-0.2, -0.15) is 0 Å². The zero-order chi connectivity index (χ0) is 12.1. The number of carbonyl (C=O) groups excluding carboxylic acids is 1. The first-order valence-electron chi connectivity index (χ1n) is 5.31. The molecule has 0 atom stereocenters. The summed E-state index contributed by atoms with van der Waals surface area (Å²) in [4.78, 5) is 16.3. The van der Waals surface area contributed by atoms with E-state index in [-0.39, 0.29) is 12.0 Å². The fourth-order valence-electron chi connectivity index (χ4n) is 1.27. The van der Waals surface area contributed by atoms with Crippen LogP contribution in [0.25, 0.3) is 0 Å². The molecule has 5 nitrogen and oxygen atoms in total. The molecular formula is C11H19N3O2. The molecule has 5 heteroatoms. The number of likely N-dealkylation sites (N-methyl/N-ethyl adjacent to an activating group) is 1. The lowest BCUT2D eigenvalue weighted by atomic mass is 10.3. The second-order valence-electron chi connectivity index (χ2n) is 3.99. The molecule has 1 aromatic heterocycles. The number of nitrogens with zero attached hydrogens (tertiary/aromatic N) is 1. The van der Waals surface area contributed by atoms with Crippen LogP contribution in [0.5, 0.6) is 0 Å². The van der Waals surface area contributed by atoms with Gasteiger partial charge in [-0.3, -0.25) is 4.79 Å². The number of hydrogen-bond donors (Lipinski definition) is 2. The third-order valence-corrected chi connectivity index (χ3v) is 2.16. The number of nitrogens with one attached hydrogen (secondary N) is 1. The first-order chi connectivity index (χ1) is 7.50. The fraction of sp³-hybridized carbons (Fsp3) is 0.545. The Kier molecular flexibility index (Phi) is 4.37. The smallest absolute Gasteiger partial charge is 0.270 e. The summed E-state index contributed by atoms with van der Waals surface area (Å²) in [5.74, 6) is -0.0796. The number of H-pyrrole nitrogens is 1. The van der Waals surface area contributed by atoms with E-state index in [1.165, 1.54) is 0 Å². The molecule has 0 unspecified atom stereocenters. The number of hydrogen-bond acceptors (Lipinski definition) is 3. The predicted octanol–water partition coefficient (Wildman–Crippen LogP) is 1.09. The van der Waals surface area contributed by atoms with Crippen LogP contribution in [0.4, 0.5) is 5.69 Å². The van der Waals surface area contributed by atoms with Gasteiger partial charge in [-0.15, -0.1) is 0 Å². The third kappa shape index (κ3) is 3.58. The van der Waals surface area contributed by atoms with E-state index in [1.807, 2.05) is 13.8 Å². The molecule has 0 aliphatic heterocycles. The Hall–Kier alpha value is -1.49. The van der Waals surface area contributed by atoms with Gasteiger partial charge < -0.3 is 20.4 Å². The lowest BCUT2D eigenvalue weighted by Gasteiger charge is -2.17. The third-order valence-electron chi connectivity index (χ3n) is 2.16. The maximum atomic E-state index is 11.8. The highest BCUT2D eigenvalue weighted by atomic mass is 16.5. The maximum absolute atomic E-state index is 11.8. The van der Waals surface area contributed by atoms with Gasteiger partial charge in [0.25, 0.3) is 5.91 Å². The van der Waals surface area contributed by atoms with Gasteiger partial charge in [-0.05, 0) is 19.9 Å². The minimum Gasteiger partial charge on any atom is -0.397 e. The number of nitrogen functional groups attached to an aromatic ring is 1. The zero-order valence-corrected chi connectivity index (χ0v) is 9.99. The van der Waals surface area contributed by atoms with Gasteiger partial charge in [0.1, 0.15) is 5.69 Å². The number of aromatic amines is 1. The number of nitrogens with two attached hydrogens (primary N) is 1. The average Bonchev–Trinajstić information content (AvgIpc) is 2.63. The topological polar surface area (TPSA) is 71.3 Å². The highest BCUT2D eigenvalue weighted by Gasteiger charge is 2.12. The highest BCUT2D eigenvalue weighted by Crippen LogP contribution is 2.06. The molecule has 1 aromatic rings. The summed E-state index contributed by atoms with van der Waals surface area (Å²) >= 11 is 0. The molecule has 0 spiro atoms. The van der Waals surface area contributed by atoms with Crippen LogP contribution in [0.3, 0.4) is 0 Å². The van der Waals surface area contributed by atoms with Crippen LogP contribution in [0.2, 0.25) is 0 Å². The molecule has 90 valence electrons. The molecule has 0 aliphatic rings. The van der Waals surface area contributed by atoms with Gasteiger partial charge in [0.2, 0.25) is 0 Å². The van der Waals surface area contributed by atoms with E-state index >= 15 is 0 Å². The highest BCUT2D eigenvalue weighted by molar-refractivity contribution is 5.93. The van der Waals surface area contributed by atoms with Crippen LogP contribution in [0, 0.1) is 0 Å². The molecule has 1 heterocycles. The van der Waals surface area contributed by atoms with E-state index in [4.69, 9.17) is 10.5 Å². The van der Waals surface area contributed by atoms with Gasteiger partial charge in [-0.1, -0.05) is 0 Å². The van der Waals surface area contributed by atoms with Gasteiger partial charge in [-0.25, -0.2) is 0 Å². The molecule has 1 rings (SSSR count). The summed E-state index contributed by atoms with van der Waals surface area (Å²) in [5.41, 5.74) is 6.60. The molecule has 0 radical (unpaired) electrons. The van der Waals surface area contributed by atoms with Crippen LogP contribution in [0.1, 0.15) is 24.3 Å². The van der Waals surface area contributed by atoms with Crippen molar-refractivity contribution < 1.29 is 9.53 Å². The van der Waals surface area contributed by atoms with Gasteiger partial charge >= 0.3 is 0 Å². The van der Waals surface area contributed by atoms with Crippen LogP contribution in [0.15, 0.2) is 12.3 Å². The van der Waals surface area contributed by atoms with Crippen LogP contribution >= 0.6 is 0 Å². The number of aromatic nitrogens is 1. The first-order valence-corrected chi connectivity index (χ1v) is 5.31. The molecule has 0 aliphatic carbocycles. The maximum Gasteiger partial charge on any atom is 0.270 e. The Bertz CT molecular complexity index is 347. The second-order valence-corrected chi connectivity index (χ2v) is 3.99. The van der Waals surface area contributed by atoms with Crippen molar-refractivity contribution >= 4 is 11.6 Å². The quantitative estimate of drug-likeness (QED) is 0.788.